The molecule has 0 bridgehead atoms. The summed E-state index contributed by atoms with van der Waals surface area (Å²) in [4.78, 5) is 25.8. The Labute approximate surface area is 184 Å². The molecule has 0 unspecified atom stereocenters. The summed E-state index contributed by atoms with van der Waals surface area (Å²) in [5.74, 6) is 1.17. The van der Waals surface area contributed by atoms with Gasteiger partial charge in [-0.2, -0.15) is 0 Å². The number of benzene rings is 3. The van der Waals surface area contributed by atoms with Crippen LogP contribution in [0.25, 0.3) is 22.1 Å². The van der Waals surface area contributed by atoms with Crippen molar-refractivity contribution in [1.82, 2.24) is 0 Å². The zero-order valence-electron chi connectivity index (χ0n) is 17.4. The van der Waals surface area contributed by atoms with Gasteiger partial charge in [0.05, 0.1) is 16.5 Å². The summed E-state index contributed by atoms with van der Waals surface area (Å²) in [6.07, 6.45) is 2.01. The molecule has 2 heterocycles. The van der Waals surface area contributed by atoms with Crippen molar-refractivity contribution in [2.75, 3.05) is 13.2 Å². The van der Waals surface area contributed by atoms with Crippen LogP contribution in [0.4, 0.5) is 0 Å². The van der Waals surface area contributed by atoms with Crippen molar-refractivity contribution in [3.8, 4) is 28.4 Å². The third-order valence-corrected chi connectivity index (χ3v) is 5.40. The fraction of sp³-hybridized carbons (Fsp3) is 0.154. The molecule has 0 amide bonds. The van der Waals surface area contributed by atoms with E-state index in [9.17, 15) is 9.59 Å². The molecule has 0 aliphatic carbocycles. The van der Waals surface area contributed by atoms with Gasteiger partial charge in [-0.3, -0.25) is 4.79 Å². The average Bonchev–Trinajstić information content (AvgIpc) is 2.84. The van der Waals surface area contributed by atoms with Crippen molar-refractivity contribution >= 4 is 16.9 Å². The fourth-order valence-corrected chi connectivity index (χ4v) is 3.72. The standard InChI is InChI=1S/C26H20O6/c1-2-16-12-19-23(14-22(16)32-26(28)17-6-4-3-5-7-17)31-15-20(25(19)27)18-8-9-21-24(13-18)30-11-10-29-21/h3-9,12-15H,2,10-11H2,1H3. The van der Waals surface area contributed by atoms with Crippen molar-refractivity contribution in [3.05, 3.63) is 88.3 Å². The van der Waals surface area contributed by atoms with Crippen molar-refractivity contribution in [1.29, 1.82) is 0 Å². The van der Waals surface area contributed by atoms with E-state index in [1.807, 2.05) is 19.1 Å². The molecule has 0 N–H and O–H groups in total. The van der Waals surface area contributed by atoms with E-state index in [1.54, 1.807) is 48.5 Å². The van der Waals surface area contributed by atoms with Crippen LogP contribution < -0.4 is 19.6 Å². The first-order chi connectivity index (χ1) is 15.6. The highest BCUT2D eigenvalue weighted by Crippen LogP contribution is 2.34. The van der Waals surface area contributed by atoms with Gasteiger partial charge >= 0.3 is 5.97 Å². The second-order valence-corrected chi connectivity index (χ2v) is 7.40. The molecule has 1 aromatic heterocycles. The topological polar surface area (TPSA) is 75.0 Å². The maximum Gasteiger partial charge on any atom is 0.343 e. The Morgan fingerprint density at radius 3 is 2.53 bits per heavy atom. The van der Waals surface area contributed by atoms with Crippen LogP contribution >= 0.6 is 0 Å². The van der Waals surface area contributed by atoms with Crippen LogP contribution in [0.15, 0.2) is 76.1 Å². The van der Waals surface area contributed by atoms with Gasteiger partial charge < -0.3 is 18.6 Å². The quantitative estimate of drug-likeness (QED) is 0.336. The molecule has 160 valence electrons. The Hall–Kier alpha value is -4.06. The summed E-state index contributed by atoms with van der Waals surface area (Å²) in [6, 6.07) is 17.5. The highest BCUT2D eigenvalue weighted by Gasteiger charge is 2.18. The van der Waals surface area contributed by atoms with E-state index in [-0.39, 0.29) is 5.43 Å². The molecular formula is C26H20O6. The van der Waals surface area contributed by atoms with Gasteiger partial charge in [-0.25, -0.2) is 4.79 Å². The number of carbonyl (C=O) groups excluding carboxylic acids is 1. The number of aryl methyl sites for hydroxylation is 1. The molecule has 0 spiro atoms. The number of hydrogen-bond donors (Lipinski definition) is 0. The number of esters is 1. The largest absolute Gasteiger partial charge is 0.486 e. The summed E-state index contributed by atoms with van der Waals surface area (Å²) in [5.41, 5.74) is 2.48. The molecular weight excluding hydrogens is 408 g/mol. The lowest BCUT2D eigenvalue weighted by Gasteiger charge is -2.18. The minimum atomic E-state index is -0.463. The predicted molar refractivity (Wildman–Crippen MR) is 120 cm³/mol. The third-order valence-electron chi connectivity index (χ3n) is 5.40. The van der Waals surface area contributed by atoms with E-state index in [0.29, 0.717) is 64.5 Å². The Bertz CT molecular complexity index is 1370. The lowest BCUT2D eigenvalue weighted by Crippen LogP contribution is -2.15. The van der Waals surface area contributed by atoms with E-state index >= 15 is 0 Å². The van der Waals surface area contributed by atoms with Crippen LogP contribution in [0.2, 0.25) is 0 Å². The van der Waals surface area contributed by atoms with Crippen molar-refractivity contribution in [2.24, 2.45) is 0 Å². The van der Waals surface area contributed by atoms with Crippen LogP contribution in [0.5, 0.6) is 17.2 Å². The van der Waals surface area contributed by atoms with Gasteiger partial charge in [-0.15, -0.1) is 0 Å². The van der Waals surface area contributed by atoms with Gasteiger partial charge in [0, 0.05) is 6.07 Å². The van der Waals surface area contributed by atoms with Crippen LogP contribution in [-0.2, 0) is 6.42 Å². The Balaban J connectivity index is 1.54. The lowest BCUT2D eigenvalue weighted by atomic mass is 10.0. The second-order valence-electron chi connectivity index (χ2n) is 7.40. The van der Waals surface area contributed by atoms with Gasteiger partial charge in [0.15, 0.2) is 11.5 Å². The summed E-state index contributed by atoms with van der Waals surface area (Å²) >= 11 is 0. The first-order valence-corrected chi connectivity index (χ1v) is 10.4. The van der Waals surface area contributed by atoms with E-state index in [2.05, 4.69) is 0 Å². The van der Waals surface area contributed by atoms with Crippen LogP contribution in [0.1, 0.15) is 22.8 Å². The van der Waals surface area contributed by atoms with Gasteiger partial charge in [0.2, 0.25) is 5.43 Å². The molecule has 3 aromatic carbocycles. The fourth-order valence-electron chi connectivity index (χ4n) is 3.72. The first kappa shape index (κ1) is 19.9. The monoisotopic (exact) mass is 428 g/mol. The van der Waals surface area contributed by atoms with E-state index < -0.39 is 5.97 Å². The molecule has 0 saturated heterocycles. The summed E-state index contributed by atoms with van der Waals surface area (Å²) in [5, 5.41) is 0.425. The normalized spacial score (nSPS) is 12.5. The van der Waals surface area contributed by atoms with Gasteiger partial charge in [-0.05, 0) is 47.9 Å². The van der Waals surface area contributed by atoms with Crippen molar-refractivity contribution < 1.29 is 23.4 Å². The molecule has 6 heteroatoms. The number of hydrogen-bond acceptors (Lipinski definition) is 6. The third kappa shape index (κ3) is 3.60. The number of ether oxygens (including phenoxy) is 3. The zero-order chi connectivity index (χ0) is 22.1. The minimum Gasteiger partial charge on any atom is -0.486 e. The minimum absolute atomic E-state index is 0.168. The molecule has 6 nitrogen and oxygen atoms in total. The number of fused-ring (bicyclic) bond motifs is 2. The van der Waals surface area contributed by atoms with E-state index in [4.69, 9.17) is 18.6 Å². The lowest BCUT2D eigenvalue weighted by molar-refractivity contribution is 0.0733. The van der Waals surface area contributed by atoms with Gasteiger partial charge in [0.25, 0.3) is 0 Å². The van der Waals surface area contributed by atoms with E-state index in [0.717, 1.165) is 5.56 Å². The number of carbonyl (C=O) groups is 1. The Morgan fingerprint density at radius 2 is 1.75 bits per heavy atom. The van der Waals surface area contributed by atoms with Crippen molar-refractivity contribution in [3.63, 3.8) is 0 Å². The maximum absolute atomic E-state index is 13.3. The molecule has 0 fully saturated rings. The molecule has 4 aromatic rings. The predicted octanol–water partition coefficient (Wildman–Crippen LogP) is 5.01. The highest BCUT2D eigenvalue weighted by molar-refractivity contribution is 5.92. The van der Waals surface area contributed by atoms with Gasteiger partial charge in [0.1, 0.15) is 30.8 Å². The van der Waals surface area contributed by atoms with Gasteiger partial charge in [-0.1, -0.05) is 31.2 Å². The molecule has 0 radical (unpaired) electrons. The van der Waals surface area contributed by atoms with Crippen molar-refractivity contribution in [2.45, 2.75) is 13.3 Å². The smallest absolute Gasteiger partial charge is 0.343 e. The Kier molecular flexibility index (Phi) is 5.11. The summed E-state index contributed by atoms with van der Waals surface area (Å²) in [6.45, 7) is 2.90. The molecule has 32 heavy (non-hydrogen) atoms. The number of rotatable bonds is 4. The second kappa shape index (κ2) is 8.23. The SMILES string of the molecule is CCc1cc2c(=O)c(-c3ccc4c(c3)OCCO4)coc2cc1OC(=O)c1ccccc1. The highest BCUT2D eigenvalue weighted by atomic mass is 16.6. The molecule has 0 saturated carbocycles. The van der Waals surface area contributed by atoms with Crippen LogP contribution in [-0.4, -0.2) is 19.2 Å². The average molecular weight is 428 g/mol. The van der Waals surface area contributed by atoms with E-state index in [1.165, 1.54) is 6.26 Å². The molecule has 1 aliphatic rings. The Morgan fingerprint density at radius 1 is 0.969 bits per heavy atom. The van der Waals surface area contributed by atoms with Crippen LogP contribution in [0, 0.1) is 0 Å². The first-order valence-electron chi connectivity index (χ1n) is 10.4. The maximum atomic E-state index is 13.3. The molecule has 0 atom stereocenters. The zero-order valence-corrected chi connectivity index (χ0v) is 17.4. The molecule has 5 rings (SSSR count). The summed E-state index contributed by atoms with van der Waals surface area (Å²) < 4.78 is 22.6. The molecule has 1 aliphatic heterocycles. The van der Waals surface area contributed by atoms with Crippen LogP contribution in [0.3, 0.4) is 0 Å². The summed E-state index contributed by atoms with van der Waals surface area (Å²) in [7, 11) is 0.